The van der Waals surface area contributed by atoms with E-state index >= 15 is 0 Å². The van der Waals surface area contributed by atoms with E-state index in [0.717, 1.165) is 36.0 Å². The van der Waals surface area contributed by atoms with E-state index in [1.54, 1.807) is 0 Å². The summed E-state index contributed by atoms with van der Waals surface area (Å²) in [5.41, 5.74) is 1.88. The van der Waals surface area contributed by atoms with E-state index < -0.39 is 0 Å². The molecule has 0 aliphatic carbocycles. The molecule has 1 aliphatic rings. The van der Waals surface area contributed by atoms with E-state index in [1.807, 2.05) is 30.5 Å². The van der Waals surface area contributed by atoms with Crippen LogP contribution in [0.25, 0.3) is 10.9 Å². The van der Waals surface area contributed by atoms with Gasteiger partial charge < -0.3 is 10.3 Å². The number of benzene rings is 1. The van der Waals surface area contributed by atoms with Crippen LogP contribution in [0.3, 0.4) is 0 Å². The summed E-state index contributed by atoms with van der Waals surface area (Å²) >= 11 is 0. The average molecular weight is 228 g/mol. The maximum Gasteiger partial charge on any atom is 0.165 e. The van der Waals surface area contributed by atoms with Crippen molar-refractivity contribution in [2.24, 2.45) is 5.92 Å². The molecule has 1 unspecified atom stereocenters. The Balaban J connectivity index is 1.85. The van der Waals surface area contributed by atoms with Crippen LogP contribution in [0.2, 0.25) is 0 Å². The smallest absolute Gasteiger partial charge is 0.165 e. The summed E-state index contributed by atoms with van der Waals surface area (Å²) in [6.07, 6.45) is 3.62. The Bertz CT molecular complexity index is 538. The highest BCUT2D eigenvalue weighted by molar-refractivity contribution is 6.07. The Kier molecular flexibility index (Phi) is 2.69. The van der Waals surface area contributed by atoms with Gasteiger partial charge >= 0.3 is 0 Å². The molecular weight excluding hydrogens is 212 g/mol. The third-order valence-electron chi connectivity index (χ3n) is 3.53. The van der Waals surface area contributed by atoms with Crippen LogP contribution in [0.1, 0.15) is 23.2 Å². The molecule has 0 saturated carbocycles. The van der Waals surface area contributed by atoms with E-state index in [9.17, 15) is 4.79 Å². The molecule has 3 rings (SSSR count). The molecule has 2 aromatic rings. The minimum Gasteiger partial charge on any atom is -0.360 e. The summed E-state index contributed by atoms with van der Waals surface area (Å²) in [5, 5.41) is 4.34. The Morgan fingerprint density at radius 2 is 2.24 bits per heavy atom. The van der Waals surface area contributed by atoms with Crippen LogP contribution in [0.15, 0.2) is 30.5 Å². The molecule has 2 heterocycles. The van der Waals surface area contributed by atoms with Crippen LogP contribution in [0, 0.1) is 5.92 Å². The molecule has 1 aromatic carbocycles. The highest BCUT2D eigenvalue weighted by Crippen LogP contribution is 2.22. The van der Waals surface area contributed by atoms with E-state index in [0.29, 0.717) is 12.3 Å². The lowest BCUT2D eigenvalue weighted by Gasteiger charge is -2.05. The molecule has 1 aliphatic heterocycles. The number of fused-ring (bicyclic) bond motifs is 1. The second kappa shape index (κ2) is 4.34. The molecule has 1 aromatic heterocycles. The first kappa shape index (κ1) is 10.5. The molecule has 0 bridgehead atoms. The van der Waals surface area contributed by atoms with Crippen molar-refractivity contribution in [2.75, 3.05) is 13.1 Å². The van der Waals surface area contributed by atoms with Crippen molar-refractivity contribution < 1.29 is 4.79 Å². The highest BCUT2D eigenvalue weighted by atomic mass is 16.1. The van der Waals surface area contributed by atoms with Crippen LogP contribution in [-0.2, 0) is 0 Å². The van der Waals surface area contributed by atoms with E-state index in [-0.39, 0.29) is 5.78 Å². The number of Topliss-reactive ketones (excluding diaryl/α,β-unsaturated/α-hetero) is 1. The summed E-state index contributed by atoms with van der Waals surface area (Å²) in [6, 6.07) is 7.97. The SMILES string of the molecule is O=C(CC1CCNC1)c1c[nH]c2ccccc12. The van der Waals surface area contributed by atoms with Crippen molar-refractivity contribution in [1.82, 2.24) is 10.3 Å². The molecule has 3 heteroatoms. The van der Waals surface area contributed by atoms with Crippen molar-refractivity contribution in [3.63, 3.8) is 0 Å². The van der Waals surface area contributed by atoms with Crippen LogP contribution >= 0.6 is 0 Å². The maximum absolute atomic E-state index is 12.2. The van der Waals surface area contributed by atoms with Gasteiger partial charge in [-0.1, -0.05) is 18.2 Å². The quantitative estimate of drug-likeness (QED) is 0.792. The van der Waals surface area contributed by atoms with E-state index in [1.165, 1.54) is 0 Å². The topological polar surface area (TPSA) is 44.9 Å². The zero-order valence-electron chi connectivity index (χ0n) is 9.70. The Morgan fingerprint density at radius 1 is 1.35 bits per heavy atom. The summed E-state index contributed by atoms with van der Waals surface area (Å²) < 4.78 is 0. The first-order chi connectivity index (χ1) is 8.34. The van der Waals surface area contributed by atoms with Crippen molar-refractivity contribution in [2.45, 2.75) is 12.8 Å². The summed E-state index contributed by atoms with van der Waals surface area (Å²) in [5.74, 6) is 0.771. The fraction of sp³-hybridized carbons (Fsp3) is 0.357. The number of H-pyrrole nitrogens is 1. The third-order valence-corrected chi connectivity index (χ3v) is 3.53. The standard InChI is InChI=1S/C14H16N2O/c17-14(7-10-5-6-15-8-10)12-9-16-13-4-2-1-3-11(12)13/h1-4,9-10,15-16H,5-8H2. The van der Waals surface area contributed by atoms with Gasteiger partial charge in [0.25, 0.3) is 0 Å². The monoisotopic (exact) mass is 228 g/mol. The maximum atomic E-state index is 12.2. The number of hydrogen-bond donors (Lipinski definition) is 2. The predicted molar refractivity (Wildman–Crippen MR) is 68.2 cm³/mol. The summed E-state index contributed by atoms with van der Waals surface area (Å²) in [7, 11) is 0. The first-order valence-electron chi connectivity index (χ1n) is 6.14. The van der Waals surface area contributed by atoms with Gasteiger partial charge in [-0.05, 0) is 31.5 Å². The molecule has 2 N–H and O–H groups in total. The number of carbonyl (C=O) groups excluding carboxylic acids is 1. The second-order valence-corrected chi connectivity index (χ2v) is 4.73. The molecule has 0 radical (unpaired) electrons. The molecule has 1 fully saturated rings. The van der Waals surface area contributed by atoms with Crippen LogP contribution in [-0.4, -0.2) is 23.9 Å². The number of aromatic nitrogens is 1. The second-order valence-electron chi connectivity index (χ2n) is 4.73. The minimum absolute atomic E-state index is 0.260. The van der Waals surface area contributed by atoms with Crippen LogP contribution in [0.5, 0.6) is 0 Å². The van der Waals surface area contributed by atoms with Gasteiger partial charge in [-0.15, -0.1) is 0 Å². The molecule has 0 amide bonds. The Hall–Kier alpha value is -1.61. The summed E-state index contributed by atoms with van der Waals surface area (Å²) in [6.45, 7) is 2.03. The van der Waals surface area contributed by atoms with Gasteiger partial charge in [-0.2, -0.15) is 0 Å². The number of aromatic amines is 1. The van der Waals surface area contributed by atoms with Gasteiger partial charge in [0.1, 0.15) is 0 Å². The number of ketones is 1. The van der Waals surface area contributed by atoms with E-state index in [4.69, 9.17) is 0 Å². The normalized spacial score (nSPS) is 19.9. The molecular formula is C14H16N2O. The minimum atomic E-state index is 0.260. The van der Waals surface area contributed by atoms with Gasteiger partial charge in [-0.25, -0.2) is 0 Å². The number of rotatable bonds is 3. The number of para-hydroxylation sites is 1. The highest BCUT2D eigenvalue weighted by Gasteiger charge is 2.20. The zero-order chi connectivity index (χ0) is 11.7. The number of carbonyl (C=O) groups is 1. The lowest BCUT2D eigenvalue weighted by molar-refractivity contribution is 0.0966. The van der Waals surface area contributed by atoms with Gasteiger partial charge in [0.15, 0.2) is 5.78 Å². The van der Waals surface area contributed by atoms with Crippen molar-refractivity contribution in [3.8, 4) is 0 Å². The van der Waals surface area contributed by atoms with Gasteiger partial charge in [0.05, 0.1) is 0 Å². The Labute approximate surface area is 100 Å². The van der Waals surface area contributed by atoms with Crippen LogP contribution < -0.4 is 5.32 Å². The third kappa shape index (κ3) is 1.98. The van der Waals surface area contributed by atoms with Crippen molar-refractivity contribution in [1.29, 1.82) is 0 Å². The first-order valence-corrected chi connectivity index (χ1v) is 6.14. The molecule has 3 nitrogen and oxygen atoms in total. The molecule has 1 atom stereocenters. The Morgan fingerprint density at radius 3 is 3.06 bits per heavy atom. The predicted octanol–water partition coefficient (Wildman–Crippen LogP) is 2.35. The van der Waals surface area contributed by atoms with Gasteiger partial charge in [0, 0.05) is 29.1 Å². The largest absolute Gasteiger partial charge is 0.360 e. The molecule has 17 heavy (non-hydrogen) atoms. The van der Waals surface area contributed by atoms with Crippen molar-refractivity contribution >= 4 is 16.7 Å². The van der Waals surface area contributed by atoms with Crippen molar-refractivity contribution in [3.05, 3.63) is 36.0 Å². The number of nitrogens with one attached hydrogen (secondary N) is 2. The zero-order valence-corrected chi connectivity index (χ0v) is 9.70. The molecule has 88 valence electrons. The van der Waals surface area contributed by atoms with E-state index in [2.05, 4.69) is 10.3 Å². The fourth-order valence-electron chi connectivity index (χ4n) is 2.56. The lowest BCUT2D eigenvalue weighted by Crippen LogP contribution is -2.12. The van der Waals surface area contributed by atoms with Gasteiger partial charge in [0.2, 0.25) is 0 Å². The lowest BCUT2D eigenvalue weighted by atomic mass is 9.97. The van der Waals surface area contributed by atoms with Crippen LogP contribution in [0.4, 0.5) is 0 Å². The fourth-order valence-corrected chi connectivity index (χ4v) is 2.56. The molecule has 0 spiro atoms. The average Bonchev–Trinajstić information content (AvgIpc) is 2.96. The van der Waals surface area contributed by atoms with Gasteiger partial charge in [-0.3, -0.25) is 4.79 Å². The number of hydrogen-bond acceptors (Lipinski definition) is 2. The molecule has 1 saturated heterocycles. The summed E-state index contributed by atoms with van der Waals surface area (Å²) in [4.78, 5) is 15.4.